The van der Waals surface area contributed by atoms with E-state index in [1.165, 1.54) is 32.4 Å². The number of alkyl halides is 1. The Labute approximate surface area is 629 Å². The highest BCUT2D eigenvalue weighted by molar-refractivity contribution is 9.11. The molecule has 3 unspecified atom stereocenters. The number of esters is 2. The van der Waals surface area contributed by atoms with Gasteiger partial charge < -0.3 is 30.9 Å². The van der Waals surface area contributed by atoms with Crippen LogP contribution in [0.5, 0.6) is 0 Å². The number of nitrogens with zero attached hydrogens (tertiary/aromatic N) is 5. The van der Waals surface area contributed by atoms with Gasteiger partial charge in [-0.3, -0.25) is 44.2 Å². The summed E-state index contributed by atoms with van der Waals surface area (Å²) in [7, 11) is 2.54. The molecular formula is C68H69Br5ClF7N8O13. The summed E-state index contributed by atoms with van der Waals surface area (Å²) in [6.07, 6.45) is 3.94. The predicted octanol–water partition coefficient (Wildman–Crippen LogP) is 17.2. The lowest BCUT2D eigenvalue weighted by Crippen LogP contribution is -2.35. The van der Waals surface area contributed by atoms with Crippen molar-refractivity contribution in [3.8, 4) is 0 Å². The average molecular weight is 1770 g/mol. The van der Waals surface area contributed by atoms with Crippen molar-refractivity contribution in [2.45, 2.75) is 136 Å². The molecule has 0 spiro atoms. The number of nitro benzene ring substituents is 2. The number of nitro groups is 2. The van der Waals surface area contributed by atoms with E-state index in [9.17, 15) is 79.7 Å². The smallest absolute Gasteiger partial charge is 0.341 e. The zero-order valence-corrected chi connectivity index (χ0v) is 64.5. The van der Waals surface area contributed by atoms with Crippen LogP contribution in [-0.2, 0) is 75.9 Å². The molecule has 34 heteroatoms. The molecule has 0 fully saturated rings. The molecule has 550 valence electrons. The Morgan fingerprint density at radius 2 is 0.980 bits per heavy atom. The molecule has 6 aromatic carbocycles. The van der Waals surface area contributed by atoms with Gasteiger partial charge in [0.2, 0.25) is 17.5 Å². The van der Waals surface area contributed by atoms with Gasteiger partial charge in [0, 0.05) is 64.5 Å². The van der Waals surface area contributed by atoms with E-state index in [2.05, 4.69) is 115 Å². The van der Waals surface area contributed by atoms with Gasteiger partial charge >= 0.3 is 23.3 Å². The number of nitrogens with one attached hydrogen (secondary N) is 2. The summed E-state index contributed by atoms with van der Waals surface area (Å²) in [6, 6.07) is 16.6. The third kappa shape index (κ3) is 23.2. The number of aliphatic hydroxyl groups excluding tert-OH is 1. The minimum atomic E-state index is -1.19. The van der Waals surface area contributed by atoms with Gasteiger partial charge in [-0.25, -0.2) is 37.3 Å². The van der Waals surface area contributed by atoms with Crippen molar-refractivity contribution < 1.29 is 83.9 Å². The molecule has 4 aliphatic heterocycles. The van der Waals surface area contributed by atoms with Gasteiger partial charge in [-0.15, -0.1) is 12.4 Å². The quantitative estimate of drug-likeness (QED) is 0.0197. The molecule has 0 amide bonds. The molecular weight excluding hydrogens is 1700 g/mol. The van der Waals surface area contributed by atoms with Crippen molar-refractivity contribution in [1.29, 1.82) is 0 Å². The maximum absolute atomic E-state index is 13.9. The van der Waals surface area contributed by atoms with E-state index in [4.69, 9.17) is 10.8 Å². The van der Waals surface area contributed by atoms with E-state index in [0.29, 0.717) is 108 Å². The highest BCUT2D eigenvalue weighted by Crippen LogP contribution is 2.37. The third-order valence-electron chi connectivity index (χ3n) is 15.1. The van der Waals surface area contributed by atoms with Gasteiger partial charge in [0.25, 0.3) is 0 Å². The Kier molecular flexibility index (Phi) is 36.8. The minimum Gasteiger partial charge on any atom is -0.468 e. The Morgan fingerprint density at radius 3 is 1.38 bits per heavy atom. The summed E-state index contributed by atoms with van der Waals surface area (Å²) in [5.74, 6) is -6.02. The van der Waals surface area contributed by atoms with Crippen molar-refractivity contribution in [3.63, 3.8) is 0 Å². The second-order valence-corrected chi connectivity index (χ2v) is 25.5. The molecule has 21 nitrogen and oxygen atoms in total. The number of hydrogen-bond donors (Lipinski definition) is 4. The number of methoxy groups -OCH3 is 2. The Balaban J connectivity index is 0.000000312. The van der Waals surface area contributed by atoms with E-state index in [1.807, 2.05) is 34.6 Å². The van der Waals surface area contributed by atoms with E-state index >= 15 is 0 Å². The van der Waals surface area contributed by atoms with E-state index in [-0.39, 0.29) is 117 Å². The van der Waals surface area contributed by atoms with Crippen LogP contribution in [0, 0.1) is 60.9 Å². The van der Waals surface area contributed by atoms with Crippen LogP contribution in [0.15, 0.2) is 106 Å². The molecule has 0 aromatic heterocycles. The van der Waals surface area contributed by atoms with Gasteiger partial charge in [-0.05, 0) is 168 Å². The standard InChI is InChI=1S/C12H11BrFNO.C12H12FNO2.C11H12BrFN2O4.C11H11BrFNO.C11H9BrFNO.C6H2BrF2NO2.C5H11NO2.ClH/c1-2-9-11(16)5-8-10(15-9)4-3-7(6-13)12(8)14;1-2-9-11(16)5-8-10(14-9)4-3-7(6-15)12(8)13;1-3-7(11(16)19-2)14-8-5-4-6(12)9(13)10(8)15(17)18;2*1-2-8-10(15)5-6-9(14-8)4-3-7(12)11(6)13;7-3-1-2-4(8)6(5(3)9)10(11)12;1-3-4(6)5(7)8-2;/h3-4H,2,5-6H2,1H3;3-4,15H,2,5-6H2,1H3;4-5,7,14H,3H2,1-2H3;3-4,8,14H,2,5H2,1H3;3-4H,2,5H2,1H3;1-2H;4H,3,6H2,1-2H3;1H. The molecule has 0 aliphatic carbocycles. The maximum atomic E-state index is 13.9. The first-order valence-electron chi connectivity index (χ1n) is 30.7. The first kappa shape index (κ1) is 88.7. The number of rotatable bonds is 14. The highest BCUT2D eigenvalue weighted by Gasteiger charge is 2.31. The molecule has 0 saturated heterocycles. The van der Waals surface area contributed by atoms with Crippen molar-refractivity contribution in [1.82, 2.24) is 0 Å². The number of Topliss-reactive ketones (excluding diaryl/α,β-unsaturated/α-hetero) is 4. The van der Waals surface area contributed by atoms with Gasteiger partial charge in [0.15, 0.2) is 23.1 Å². The molecule has 0 bridgehead atoms. The van der Waals surface area contributed by atoms with E-state index in [1.54, 1.807) is 49.4 Å². The van der Waals surface area contributed by atoms with Crippen LogP contribution in [0.2, 0.25) is 0 Å². The lowest BCUT2D eigenvalue weighted by molar-refractivity contribution is -0.390. The van der Waals surface area contributed by atoms with Crippen LogP contribution in [0.25, 0.3) is 0 Å². The first-order chi connectivity index (χ1) is 47.8. The number of aliphatic hydroxyl groups is 1. The van der Waals surface area contributed by atoms with Crippen molar-refractivity contribution in [2.24, 2.45) is 20.7 Å². The average Bonchev–Trinajstić information content (AvgIpc) is 0.814. The number of benzene rings is 6. The SMILES string of the molecule is CCC(N)C(=O)OC.CCC(Nc1ccc(Br)c(F)c1[N+](=O)[O-])C(=O)OC.CCC1=Nc2ccc(Br)c(F)c2CC1=O.CCC1=Nc2ccc(CBr)c(F)c2CC1=O.CCC1=Nc2ccc(CO)c(F)c2CC1=O.CCC1Nc2ccc(Br)c(F)c2CC1=O.Cl.O=[N+]([O-])c1c(F)ccc(Br)c1F. The number of carbonyl (C=O) groups is 6. The molecule has 10 rings (SSSR count). The molecule has 102 heavy (non-hydrogen) atoms. The highest BCUT2D eigenvalue weighted by atomic mass is 79.9. The summed E-state index contributed by atoms with van der Waals surface area (Å²) in [5.41, 5.74) is 9.69. The molecule has 0 saturated carbocycles. The van der Waals surface area contributed by atoms with E-state index < -0.39 is 62.5 Å². The fourth-order valence-corrected chi connectivity index (χ4v) is 11.3. The zero-order chi connectivity index (χ0) is 75.9. The predicted molar refractivity (Wildman–Crippen MR) is 393 cm³/mol. The second-order valence-electron chi connectivity index (χ2n) is 21.5. The number of ketones is 4. The monoisotopic (exact) mass is 1770 g/mol. The summed E-state index contributed by atoms with van der Waals surface area (Å²) in [5, 5.41) is 36.0. The lowest BCUT2D eigenvalue weighted by Gasteiger charge is -2.25. The number of ether oxygens (including phenoxy) is 2. The topological polar surface area (TPSA) is 315 Å². The summed E-state index contributed by atoms with van der Waals surface area (Å²) in [4.78, 5) is 99.7. The van der Waals surface area contributed by atoms with Crippen LogP contribution >= 0.6 is 92.1 Å². The number of halogens is 13. The summed E-state index contributed by atoms with van der Waals surface area (Å²) in [6.45, 7) is 10.7. The molecule has 0 radical (unpaired) electrons. The normalized spacial score (nSPS) is 14.1. The zero-order valence-electron chi connectivity index (χ0n) is 55.7. The van der Waals surface area contributed by atoms with Crippen LogP contribution < -0.4 is 16.4 Å². The van der Waals surface area contributed by atoms with Crippen molar-refractivity contribution >= 4 is 184 Å². The number of hydrogen-bond acceptors (Lipinski definition) is 19. The van der Waals surface area contributed by atoms with E-state index in [0.717, 1.165) is 24.2 Å². The molecule has 5 N–H and O–H groups in total. The van der Waals surface area contributed by atoms with Gasteiger partial charge in [-0.1, -0.05) is 69.6 Å². The number of carbonyl (C=O) groups excluding carboxylic acids is 6. The van der Waals surface area contributed by atoms with Crippen molar-refractivity contribution in [3.05, 3.63) is 185 Å². The molecule has 3 atom stereocenters. The molecule has 4 aliphatic rings. The van der Waals surface area contributed by atoms with Crippen molar-refractivity contribution in [2.75, 3.05) is 24.9 Å². The Morgan fingerprint density at radius 1 is 0.578 bits per heavy atom. The van der Waals surface area contributed by atoms with Crippen LogP contribution in [0.4, 0.5) is 70.5 Å². The lowest BCUT2D eigenvalue weighted by atomic mass is 9.95. The van der Waals surface area contributed by atoms with Gasteiger partial charge in [0.1, 0.15) is 41.0 Å². The van der Waals surface area contributed by atoms with Gasteiger partial charge in [0.05, 0.1) is 88.8 Å². The van der Waals surface area contributed by atoms with Crippen LogP contribution in [0.3, 0.4) is 0 Å². The van der Waals surface area contributed by atoms with Crippen LogP contribution in [0.1, 0.15) is 113 Å². The first-order valence-corrected chi connectivity index (χ1v) is 35.0. The fraction of sp³-hybridized carbons (Fsp3) is 0.338. The molecule has 4 heterocycles. The number of nitrogens with two attached hydrogens (primary N) is 1. The number of fused-ring (bicyclic) bond motifs is 4. The van der Waals surface area contributed by atoms with Gasteiger partial charge in [-0.2, -0.15) is 13.2 Å². The third-order valence-corrected chi connectivity index (χ3v) is 18.2. The minimum absolute atomic E-state index is 0. The maximum Gasteiger partial charge on any atom is 0.341 e. The number of aliphatic imine (C=N–C) groups is 3. The Hall–Kier alpha value is -7.53. The Bertz CT molecular complexity index is 4140. The fourth-order valence-electron chi connectivity index (χ4n) is 9.48. The summed E-state index contributed by atoms with van der Waals surface area (Å²) < 4.78 is 104. The second kappa shape index (κ2) is 42.3. The molecule has 6 aromatic rings. The van der Waals surface area contributed by atoms with Crippen LogP contribution in [-0.4, -0.2) is 99.5 Å². The number of anilines is 2. The summed E-state index contributed by atoms with van der Waals surface area (Å²) >= 11 is 15.0. The largest absolute Gasteiger partial charge is 0.468 e.